The third-order valence-electron chi connectivity index (χ3n) is 8.07. The average Bonchev–Trinajstić information content (AvgIpc) is 2.93. The summed E-state index contributed by atoms with van der Waals surface area (Å²) in [6.45, 7) is 14.2. The molecule has 0 spiro atoms. The quantitative estimate of drug-likeness (QED) is 0.235. The molecular formula is C33H40O2SiSn2. The third-order valence-corrected chi connectivity index (χ3v) is 60.5. The van der Waals surface area contributed by atoms with Gasteiger partial charge in [0.1, 0.15) is 0 Å². The minimum absolute atomic E-state index is 0.122. The maximum absolute atomic E-state index is 8.04. The SMILES string of the molecule is CC(C)(C)[Si]1(C(C)(C)C)[O][Sn]([c]2ccccc2)([c]2ccccc2)[CH2][Sn]([c]2ccccc2)([c]2ccccc2)[O]1. The molecule has 0 bridgehead atoms. The molecule has 0 atom stereocenters. The molecule has 0 radical (unpaired) electrons. The van der Waals surface area contributed by atoms with Crippen molar-refractivity contribution in [1.82, 2.24) is 0 Å². The molecule has 1 fully saturated rings. The Balaban J connectivity index is 1.95. The molecule has 1 heterocycles. The average molecular weight is 734 g/mol. The summed E-state index contributed by atoms with van der Waals surface area (Å²) in [5.41, 5.74) is 0. The summed E-state index contributed by atoms with van der Waals surface area (Å²) in [5.74, 6) is 0. The van der Waals surface area contributed by atoms with Gasteiger partial charge in [-0.3, -0.25) is 0 Å². The van der Waals surface area contributed by atoms with Crippen LogP contribution >= 0.6 is 0 Å². The van der Waals surface area contributed by atoms with Crippen molar-refractivity contribution in [1.29, 1.82) is 0 Å². The van der Waals surface area contributed by atoms with Crippen LogP contribution in [-0.4, -0.2) is 46.1 Å². The monoisotopic (exact) mass is 736 g/mol. The van der Waals surface area contributed by atoms with Crippen LogP contribution in [0, 0.1) is 0 Å². The molecule has 0 unspecified atom stereocenters. The fourth-order valence-corrected chi connectivity index (χ4v) is 90.4. The van der Waals surface area contributed by atoms with Crippen molar-refractivity contribution in [2.24, 2.45) is 0 Å². The van der Waals surface area contributed by atoms with Gasteiger partial charge in [0.25, 0.3) is 0 Å². The van der Waals surface area contributed by atoms with E-state index in [1.54, 1.807) is 0 Å². The molecule has 5 heteroatoms. The van der Waals surface area contributed by atoms with E-state index >= 15 is 0 Å². The normalized spacial score (nSPS) is 18.6. The van der Waals surface area contributed by atoms with Gasteiger partial charge in [-0.15, -0.1) is 0 Å². The van der Waals surface area contributed by atoms with E-state index in [-0.39, 0.29) is 10.1 Å². The Hall–Kier alpha value is -1.39. The summed E-state index contributed by atoms with van der Waals surface area (Å²) in [5, 5.41) is -0.244. The molecule has 0 amide bonds. The summed E-state index contributed by atoms with van der Waals surface area (Å²) in [6.07, 6.45) is 0. The van der Waals surface area contributed by atoms with Gasteiger partial charge in [-0.2, -0.15) is 0 Å². The van der Waals surface area contributed by atoms with Gasteiger partial charge in [-0.05, 0) is 0 Å². The number of benzene rings is 4. The van der Waals surface area contributed by atoms with E-state index in [9.17, 15) is 0 Å². The molecule has 0 N–H and O–H groups in total. The van der Waals surface area contributed by atoms with Gasteiger partial charge in [-0.25, -0.2) is 0 Å². The minimum atomic E-state index is -3.86. The topological polar surface area (TPSA) is 18.5 Å². The second kappa shape index (κ2) is 10.5. The number of hydrogen-bond acceptors (Lipinski definition) is 2. The first-order valence-corrected chi connectivity index (χ1v) is 27.6. The van der Waals surface area contributed by atoms with Crippen molar-refractivity contribution in [3.63, 3.8) is 0 Å². The van der Waals surface area contributed by atoms with Crippen molar-refractivity contribution in [2.45, 2.75) is 54.1 Å². The molecule has 38 heavy (non-hydrogen) atoms. The van der Waals surface area contributed by atoms with Crippen molar-refractivity contribution in [3.05, 3.63) is 121 Å². The first-order chi connectivity index (χ1) is 18.0. The van der Waals surface area contributed by atoms with Crippen LogP contribution < -0.4 is 14.3 Å². The second-order valence-corrected chi connectivity index (χ2v) is 44.6. The van der Waals surface area contributed by atoms with Gasteiger partial charge in [-0.1, -0.05) is 0 Å². The van der Waals surface area contributed by atoms with Crippen LogP contribution in [-0.2, 0) is 5.53 Å². The summed E-state index contributed by atoms with van der Waals surface area (Å²) in [6, 6.07) is 45.0. The van der Waals surface area contributed by atoms with Gasteiger partial charge >= 0.3 is 241 Å². The van der Waals surface area contributed by atoms with Crippen LogP contribution in [0.15, 0.2) is 121 Å². The van der Waals surface area contributed by atoms with Crippen LogP contribution in [0.3, 0.4) is 0 Å². The second-order valence-electron chi connectivity index (χ2n) is 12.6. The van der Waals surface area contributed by atoms with Crippen LogP contribution in [0.2, 0.25) is 12.5 Å². The molecule has 0 saturated carbocycles. The Bertz CT molecular complexity index is 1160. The zero-order valence-corrected chi connectivity index (χ0v) is 30.3. The van der Waals surface area contributed by atoms with E-state index in [4.69, 9.17) is 5.53 Å². The van der Waals surface area contributed by atoms with Crippen molar-refractivity contribution < 1.29 is 5.53 Å². The molecular weight excluding hydrogens is 694 g/mol. The zero-order chi connectivity index (χ0) is 27.1. The maximum atomic E-state index is 8.04. The van der Waals surface area contributed by atoms with Gasteiger partial charge in [0.15, 0.2) is 0 Å². The van der Waals surface area contributed by atoms with Gasteiger partial charge in [0.2, 0.25) is 0 Å². The number of rotatable bonds is 4. The third kappa shape index (κ3) is 4.76. The van der Waals surface area contributed by atoms with E-state index in [0.29, 0.717) is 0 Å². The molecule has 1 saturated heterocycles. The first kappa shape index (κ1) is 28.2. The Morgan fingerprint density at radius 1 is 0.447 bits per heavy atom. The van der Waals surface area contributed by atoms with E-state index < -0.39 is 46.1 Å². The summed E-state index contributed by atoms with van der Waals surface area (Å²) in [4.78, 5) is 0. The predicted molar refractivity (Wildman–Crippen MR) is 168 cm³/mol. The molecule has 5 rings (SSSR count). The Morgan fingerprint density at radius 2 is 0.684 bits per heavy atom. The molecule has 4 aromatic carbocycles. The predicted octanol–water partition coefficient (Wildman–Crippen LogP) is 6.13. The fraction of sp³-hybridized carbons (Fsp3) is 0.273. The number of hydrogen-bond donors (Lipinski definition) is 0. The summed E-state index contributed by atoms with van der Waals surface area (Å²) in [7, 11) is -2.90. The van der Waals surface area contributed by atoms with Crippen LogP contribution in [0.1, 0.15) is 41.5 Å². The summed E-state index contributed by atoms with van der Waals surface area (Å²) < 4.78 is 22.8. The molecule has 2 nitrogen and oxygen atoms in total. The van der Waals surface area contributed by atoms with Gasteiger partial charge in [0.05, 0.1) is 0 Å². The van der Waals surface area contributed by atoms with Gasteiger partial charge < -0.3 is 0 Å². The Kier molecular flexibility index (Phi) is 7.81. The molecule has 196 valence electrons. The summed E-state index contributed by atoms with van der Waals surface area (Å²) >= 11 is -7.72. The molecule has 0 aromatic heterocycles. The molecule has 0 aliphatic carbocycles. The van der Waals surface area contributed by atoms with E-state index in [2.05, 4.69) is 163 Å². The van der Waals surface area contributed by atoms with E-state index in [1.165, 1.54) is 14.3 Å². The van der Waals surface area contributed by atoms with Gasteiger partial charge in [0, 0.05) is 0 Å². The molecule has 4 aromatic rings. The van der Waals surface area contributed by atoms with Crippen molar-refractivity contribution >= 4 is 60.5 Å². The standard InChI is InChI=1S/C8H18O2Si.4C6H5.CH2.2Sn/c1-7(2,3)11(9,10)8(4,5)6;4*1-2-4-6-5-3-1;;;/h1-6H3;4*1-5H;1H2;;/q-2;;;;;;2*+1. The molecule has 1 aliphatic rings. The van der Waals surface area contributed by atoms with Crippen molar-refractivity contribution in [2.75, 3.05) is 0 Å². The zero-order valence-electron chi connectivity index (χ0n) is 23.6. The van der Waals surface area contributed by atoms with E-state index in [0.717, 1.165) is 2.45 Å². The first-order valence-electron chi connectivity index (χ1n) is 13.7. The van der Waals surface area contributed by atoms with Crippen LogP contribution in [0.5, 0.6) is 0 Å². The fourth-order valence-electron chi connectivity index (χ4n) is 6.48. The molecule has 1 aliphatic heterocycles. The Morgan fingerprint density at radius 3 is 0.895 bits per heavy atom. The Labute approximate surface area is 239 Å². The van der Waals surface area contributed by atoms with Crippen LogP contribution in [0.4, 0.5) is 0 Å². The van der Waals surface area contributed by atoms with Crippen molar-refractivity contribution in [3.8, 4) is 0 Å². The van der Waals surface area contributed by atoms with Crippen LogP contribution in [0.25, 0.3) is 0 Å². The van der Waals surface area contributed by atoms with E-state index in [1.807, 2.05) is 0 Å².